The fourth-order valence-electron chi connectivity index (χ4n) is 8.78. The molecule has 1 saturated heterocycles. The van der Waals surface area contributed by atoms with Crippen molar-refractivity contribution >= 4 is 32.8 Å². The van der Waals surface area contributed by atoms with Crippen LogP contribution in [0.4, 0.5) is 0 Å². The van der Waals surface area contributed by atoms with E-state index in [4.69, 9.17) is 18.3 Å². The monoisotopic (exact) mass is 829 g/mol. The molecule has 0 aromatic heterocycles. The SMILES string of the molecule is CCCCCCCCCCCCC(CO[Si](C)(C)C)C(CCCCCCCCCCC(C(CCCOCC1CO1)CO[Si](C)(C)C)[Si](C)(C)C)[Si](C)(C)C. The van der Waals surface area contributed by atoms with Crippen molar-refractivity contribution in [2.45, 2.75) is 250 Å². The van der Waals surface area contributed by atoms with Crippen LogP contribution >= 0.6 is 0 Å². The van der Waals surface area contributed by atoms with E-state index in [0.29, 0.717) is 12.0 Å². The van der Waals surface area contributed by atoms with Crippen LogP contribution in [0.15, 0.2) is 0 Å². The van der Waals surface area contributed by atoms with E-state index in [0.717, 1.165) is 56.5 Å². The number of hydrogen-bond acceptors (Lipinski definition) is 4. The first-order valence-corrected chi connectivity index (χ1v) is 37.8. The van der Waals surface area contributed by atoms with Crippen LogP contribution in [0.3, 0.4) is 0 Å². The van der Waals surface area contributed by atoms with Crippen molar-refractivity contribution in [3.8, 4) is 0 Å². The largest absolute Gasteiger partial charge is 0.417 e. The first-order valence-electron chi connectivity index (χ1n) is 23.8. The van der Waals surface area contributed by atoms with Crippen molar-refractivity contribution < 1.29 is 18.3 Å². The van der Waals surface area contributed by atoms with Gasteiger partial charge in [0.2, 0.25) is 0 Å². The molecule has 0 N–H and O–H groups in total. The smallest absolute Gasteiger partial charge is 0.183 e. The van der Waals surface area contributed by atoms with Crippen molar-refractivity contribution in [3.05, 3.63) is 0 Å². The zero-order chi connectivity index (χ0) is 40.5. The normalized spacial score (nSPS) is 17.8. The van der Waals surface area contributed by atoms with E-state index in [1.165, 1.54) is 141 Å². The highest BCUT2D eigenvalue weighted by molar-refractivity contribution is 6.78. The Morgan fingerprint density at radius 2 is 0.796 bits per heavy atom. The number of unbranched alkanes of at least 4 members (excludes halogenated alkanes) is 16. The molecule has 0 spiro atoms. The van der Waals surface area contributed by atoms with Crippen LogP contribution in [-0.4, -0.2) is 71.9 Å². The zero-order valence-electron chi connectivity index (χ0n) is 39.3. The van der Waals surface area contributed by atoms with E-state index < -0.39 is 32.8 Å². The number of hydrogen-bond donors (Lipinski definition) is 0. The van der Waals surface area contributed by atoms with Gasteiger partial charge in [0.15, 0.2) is 16.6 Å². The Hall–Kier alpha value is 0.708. The Morgan fingerprint density at radius 3 is 1.13 bits per heavy atom. The molecule has 1 aliphatic rings. The van der Waals surface area contributed by atoms with Crippen LogP contribution in [0.25, 0.3) is 0 Å². The summed E-state index contributed by atoms with van der Waals surface area (Å²) in [7, 11) is -5.62. The van der Waals surface area contributed by atoms with Crippen molar-refractivity contribution in [2.24, 2.45) is 11.8 Å². The molecule has 5 unspecified atom stereocenters. The molecular formula is C46H100O4Si4. The Bertz CT molecular complexity index is 872. The lowest BCUT2D eigenvalue weighted by Crippen LogP contribution is -2.38. The molecule has 54 heavy (non-hydrogen) atoms. The highest BCUT2D eigenvalue weighted by Crippen LogP contribution is 2.40. The molecule has 1 aliphatic heterocycles. The Kier molecular flexibility index (Phi) is 28.3. The summed E-state index contributed by atoms with van der Waals surface area (Å²) in [6, 6.07) is 0. The molecule has 1 heterocycles. The third-order valence-electron chi connectivity index (χ3n) is 12.1. The van der Waals surface area contributed by atoms with Gasteiger partial charge in [0.25, 0.3) is 0 Å². The summed E-state index contributed by atoms with van der Waals surface area (Å²) >= 11 is 0. The highest BCUT2D eigenvalue weighted by Gasteiger charge is 2.35. The minimum Gasteiger partial charge on any atom is -0.417 e. The minimum atomic E-state index is -1.53. The molecular weight excluding hydrogens is 729 g/mol. The molecule has 5 atom stereocenters. The average Bonchev–Trinajstić information content (AvgIpc) is 3.88. The van der Waals surface area contributed by atoms with E-state index >= 15 is 0 Å². The maximum absolute atomic E-state index is 6.66. The standard InChI is InChI=1S/C46H100O4Si4/c1-14-15-16-17-18-19-20-23-26-29-33-42(38-49-53(8,9)10)45(51(2,3)4)35-30-27-24-21-22-25-28-31-36-46(52(5,6)7)43(39-50-54(11,12)13)34-32-37-47-40-44-41-48-44/h42-46H,14-41H2,1-13H3. The lowest BCUT2D eigenvalue weighted by atomic mass is 9.93. The number of rotatable bonds is 38. The zero-order valence-corrected chi connectivity index (χ0v) is 43.3. The third-order valence-corrected chi connectivity index (χ3v) is 20.1. The van der Waals surface area contributed by atoms with Gasteiger partial charge in [-0.05, 0) is 81.5 Å². The summed E-state index contributed by atoms with van der Waals surface area (Å²) in [5.41, 5.74) is 1.74. The van der Waals surface area contributed by atoms with Crippen molar-refractivity contribution in [1.82, 2.24) is 0 Å². The van der Waals surface area contributed by atoms with Gasteiger partial charge in [-0.2, -0.15) is 0 Å². The molecule has 324 valence electrons. The van der Waals surface area contributed by atoms with Crippen molar-refractivity contribution in [3.63, 3.8) is 0 Å². The topological polar surface area (TPSA) is 40.2 Å². The maximum atomic E-state index is 6.66. The van der Waals surface area contributed by atoms with E-state index in [9.17, 15) is 0 Å². The molecule has 8 heteroatoms. The lowest BCUT2D eigenvalue weighted by molar-refractivity contribution is 0.106. The van der Waals surface area contributed by atoms with E-state index in [-0.39, 0.29) is 0 Å². The Morgan fingerprint density at radius 1 is 0.463 bits per heavy atom. The van der Waals surface area contributed by atoms with E-state index in [1.807, 2.05) is 0 Å². The van der Waals surface area contributed by atoms with Crippen LogP contribution in [0.2, 0.25) is 89.6 Å². The van der Waals surface area contributed by atoms with Gasteiger partial charge < -0.3 is 18.3 Å². The van der Waals surface area contributed by atoms with Crippen LogP contribution in [0.1, 0.15) is 155 Å². The van der Waals surface area contributed by atoms with Gasteiger partial charge in [0.1, 0.15) is 6.10 Å². The second kappa shape index (κ2) is 29.0. The fraction of sp³-hybridized carbons (Fsp3) is 1.00. The van der Waals surface area contributed by atoms with Gasteiger partial charge in [0.05, 0.1) is 13.2 Å². The first kappa shape index (κ1) is 52.7. The number of ether oxygens (including phenoxy) is 2. The van der Waals surface area contributed by atoms with Crippen LogP contribution in [0, 0.1) is 11.8 Å². The predicted octanol–water partition coefficient (Wildman–Crippen LogP) is 15.7. The van der Waals surface area contributed by atoms with Crippen molar-refractivity contribution in [1.29, 1.82) is 0 Å². The lowest BCUT2D eigenvalue weighted by Gasteiger charge is -2.37. The second-order valence-corrected chi connectivity index (χ2v) is 41.8. The third kappa shape index (κ3) is 29.9. The van der Waals surface area contributed by atoms with Crippen LogP contribution in [-0.2, 0) is 18.3 Å². The first-order chi connectivity index (χ1) is 25.3. The molecule has 0 aliphatic carbocycles. The second-order valence-electron chi connectivity index (χ2n) is 21.9. The van der Waals surface area contributed by atoms with Gasteiger partial charge in [-0.3, -0.25) is 0 Å². The Balaban J connectivity index is 2.47. The van der Waals surface area contributed by atoms with Crippen LogP contribution < -0.4 is 0 Å². The minimum absolute atomic E-state index is 0.370. The van der Waals surface area contributed by atoms with Gasteiger partial charge in [-0.25, -0.2) is 0 Å². The summed E-state index contributed by atoms with van der Waals surface area (Å²) in [6.07, 6.45) is 32.6. The molecule has 0 amide bonds. The molecule has 1 fully saturated rings. The predicted molar refractivity (Wildman–Crippen MR) is 252 cm³/mol. The molecule has 1 rings (SSSR count). The Labute approximate surface area is 344 Å². The van der Waals surface area contributed by atoms with Gasteiger partial charge in [-0.15, -0.1) is 0 Å². The molecule has 0 aromatic rings. The average molecular weight is 830 g/mol. The molecule has 0 saturated carbocycles. The molecule has 4 nitrogen and oxygen atoms in total. The van der Waals surface area contributed by atoms with Crippen molar-refractivity contribution in [2.75, 3.05) is 33.0 Å². The van der Waals surface area contributed by atoms with E-state index in [2.05, 4.69) is 85.5 Å². The van der Waals surface area contributed by atoms with E-state index in [1.54, 1.807) is 0 Å². The fourth-order valence-corrected chi connectivity index (χ4v) is 15.7. The summed E-state index contributed by atoms with van der Waals surface area (Å²) in [6.45, 7) is 36.8. The molecule has 0 bridgehead atoms. The summed E-state index contributed by atoms with van der Waals surface area (Å²) in [5, 5.41) is 0. The highest BCUT2D eigenvalue weighted by atomic mass is 28.4. The summed E-state index contributed by atoms with van der Waals surface area (Å²) in [4.78, 5) is 0. The molecule has 0 radical (unpaired) electrons. The number of epoxide rings is 1. The quantitative estimate of drug-likeness (QED) is 0.0353. The molecule has 0 aromatic carbocycles. The van der Waals surface area contributed by atoms with Gasteiger partial charge >= 0.3 is 0 Å². The summed E-state index contributed by atoms with van der Waals surface area (Å²) < 4.78 is 24.5. The van der Waals surface area contributed by atoms with Gasteiger partial charge in [0, 0.05) is 36.0 Å². The maximum Gasteiger partial charge on any atom is 0.183 e. The van der Waals surface area contributed by atoms with Gasteiger partial charge in [-0.1, -0.05) is 175 Å². The summed E-state index contributed by atoms with van der Waals surface area (Å²) in [5.74, 6) is 1.45. The van der Waals surface area contributed by atoms with Crippen LogP contribution in [0.5, 0.6) is 0 Å².